The third kappa shape index (κ3) is 4.39. The highest BCUT2D eigenvalue weighted by Crippen LogP contribution is 2.31. The van der Waals surface area contributed by atoms with Gasteiger partial charge in [0.05, 0.1) is 6.61 Å². The summed E-state index contributed by atoms with van der Waals surface area (Å²) in [7, 11) is 0. The number of hydrogen-bond acceptors (Lipinski definition) is 2. The maximum Gasteiger partial charge on any atom is 0.119 e. The van der Waals surface area contributed by atoms with Crippen LogP contribution in [0, 0.1) is 11.8 Å². The molecule has 1 aliphatic carbocycles. The van der Waals surface area contributed by atoms with Crippen LogP contribution in [0.3, 0.4) is 0 Å². The fourth-order valence-electron chi connectivity index (χ4n) is 3.00. The van der Waals surface area contributed by atoms with Crippen LogP contribution in [0.15, 0.2) is 24.3 Å². The molecule has 1 heterocycles. The minimum atomic E-state index is 0.764. The van der Waals surface area contributed by atoms with Crippen molar-refractivity contribution >= 4 is 11.6 Å². The van der Waals surface area contributed by atoms with Crippen LogP contribution in [0.1, 0.15) is 32.1 Å². The summed E-state index contributed by atoms with van der Waals surface area (Å²) in [5.74, 6) is 2.80. The van der Waals surface area contributed by atoms with Crippen LogP contribution >= 0.6 is 11.6 Å². The van der Waals surface area contributed by atoms with E-state index in [1.54, 1.807) is 0 Å². The van der Waals surface area contributed by atoms with Crippen molar-refractivity contribution in [1.82, 2.24) is 4.90 Å². The van der Waals surface area contributed by atoms with Gasteiger partial charge in [-0.2, -0.15) is 0 Å². The highest BCUT2D eigenvalue weighted by molar-refractivity contribution is 6.30. The van der Waals surface area contributed by atoms with Gasteiger partial charge in [-0.15, -0.1) is 0 Å². The Morgan fingerprint density at radius 2 is 1.70 bits per heavy atom. The molecule has 110 valence electrons. The van der Waals surface area contributed by atoms with Crippen molar-refractivity contribution in [3.8, 4) is 5.75 Å². The van der Waals surface area contributed by atoms with Crippen molar-refractivity contribution in [3.05, 3.63) is 29.3 Å². The molecule has 1 aromatic carbocycles. The van der Waals surface area contributed by atoms with Gasteiger partial charge in [0.15, 0.2) is 0 Å². The van der Waals surface area contributed by atoms with Crippen molar-refractivity contribution in [2.75, 3.05) is 26.2 Å². The molecular weight excluding hydrogens is 270 g/mol. The van der Waals surface area contributed by atoms with Gasteiger partial charge in [-0.3, -0.25) is 0 Å². The highest BCUT2D eigenvalue weighted by atomic mass is 35.5. The summed E-state index contributed by atoms with van der Waals surface area (Å²) in [6.07, 6.45) is 6.80. The first-order valence-corrected chi connectivity index (χ1v) is 8.28. The van der Waals surface area contributed by atoms with Gasteiger partial charge < -0.3 is 9.64 Å². The number of benzene rings is 1. The molecule has 2 fully saturated rings. The summed E-state index contributed by atoms with van der Waals surface area (Å²) < 4.78 is 5.79. The van der Waals surface area contributed by atoms with Gasteiger partial charge in [0, 0.05) is 11.6 Å². The molecule has 1 saturated heterocycles. The van der Waals surface area contributed by atoms with E-state index in [9.17, 15) is 0 Å². The molecule has 0 radical (unpaired) electrons. The second-order valence-electron chi connectivity index (χ2n) is 6.28. The monoisotopic (exact) mass is 293 g/mol. The number of halogens is 1. The van der Waals surface area contributed by atoms with Crippen LogP contribution < -0.4 is 4.74 Å². The zero-order valence-electron chi connectivity index (χ0n) is 12.1. The molecule has 0 unspecified atom stereocenters. The second kappa shape index (κ2) is 6.82. The van der Waals surface area contributed by atoms with Crippen molar-refractivity contribution < 1.29 is 4.74 Å². The highest BCUT2D eigenvalue weighted by Gasteiger charge is 2.26. The van der Waals surface area contributed by atoms with Crippen molar-refractivity contribution in [3.63, 3.8) is 0 Å². The Labute approximate surface area is 127 Å². The number of piperidine rings is 1. The van der Waals surface area contributed by atoms with Crippen LogP contribution in [0.5, 0.6) is 5.75 Å². The van der Waals surface area contributed by atoms with E-state index < -0.39 is 0 Å². The molecule has 1 aliphatic heterocycles. The summed E-state index contributed by atoms with van der Waals surface area (Å²) in [6, 6.07) is 7.65. The quantitative estimate of drug-likeness (QED) is 0.778. The zero-order chi connectivity index (χ0) is 13.8. The van der Waals surface area contributed by atoms with Crippen molar-refractivity contribution in [2.45, 2.75) is 32.1 Å². The van der Waals surface area contributed by atoms with Gasteiger partial charge in [0.2, 0.25) is 0 Å². The molecule has 0 N–H and O–H groups in total. The number of hydrogen-bond donors (Lipinski definition) is 0. The predicted octanol–water partition coefficient (Wildman–Crippen LogP) is 4.23. The molecule has 3 rings (SSSR count). The Kier molecular flexibility index (Phi) is 4.85. The molecule has 2 nitrogen and oxygen atoms in total. The molecule has 0 spiro atoms. The lowest BCUT2D eigenvalue weighted by Gasteiger charge is -2.31. The van der Waals surface area contributed by atoms with E-state index in [1.807, 2.05) is 24.3 Å². The van der Waals surface area contributed by atoms with Crippen LogP contribution in [0.25, 0.3) is 0 Å². The van der Waals surface area contributed by atoms with Crippen LogP contribution in [0.2, 0.25) is 5.02 Å². The van der Waals surface area contributed by atoms with Gasteiger partial charge in [0.25, 0.3) is 0 Å². The largest absolute Gasteiger partial charge is 0.494 e. The Morgan fingerprint density at radius 3 is 2.35 bits per heavy atom. The molecule has 3 heteroatoms. The average molecular weight is 294 g/mol. The lowest BCUT2D eigenvalue weighted by molar-refractivity contribution is 0.158. The van der Waals surface area contributed by atoms with E-state index in [0.717, 1.165) is 29.2 Å². The lowest BCUT2D eigenvalue weighted by atomic mass is 9.94. The predicted molar refractivity (Wildman–Crippen MR) is 83.5 cm³/mol. The topological polar surface area (TPSA) is 12.5 Å². The van der Waals surface area contributed by atoms with E-state index in [0.29, 0.717) is 0 Å². The maximum atomic E-state index is 5.86. The van der Waals surface area contributed by atoms with Crippen LogP contribution in [-0.4, -0.2) is 31.1 Å². The Hall–Kier alpha value is -0.730. The van der Waals surface area contributed by atoms with Gasteiger partial charge in [-0.05, 0) is 81.3 Å². The normalized spacial score (nSPS) is 21.1. The van der Waals surface area contributed by atoms with Crippen molar-refractivity contribution in [2.24, 2.45) is 11.8 Å². The fourth-order valence-corrected chi connectivity index (χ4v) is 3.12. The lowest BCUT2D eigenvalue weighted by Crippen LogP contribution is -2.35. The Balaban J connectivity index is 1.32. The number of rotatable bonds is 6. The number of ether oxygens (including phenoxy) is 1. The second-order valence-corrected chi connectivity index (χ2v) is 6.71. The maximum absolute atomic E-state index is 5.86. The molecule has 0 atom stereocenters. The summed E-state index contributed by atoms with van der Waals surface area (Å²) in [5, 5.41) is 0.764. The molecule has 0 amide bonds. The fraction of sp³-hybridized carbons (Fsp3) is 0.647. The molecular formula is C17H24ClNO. The van der Waals surface area contributed by atoms with E-state index >= 15 is 0 Å². The van der Waals surface area contributed by atoms with Crippen molar-refractivity contribution in [1.29, 1.82) is 0 Å². The first-order valence-electron chi connectivity index (χ1n) is 7.90. The molecule has 1 aromatic rings. The summed E-state index contributed by atoms with van der Waals surface area (Å²) >= 11 is 5.86. The minimum absolute atomic E-state index is 0.764. The molecule has 0 bridgehead atoms. The van der Waals surface area contributed by atoms with Gasteiger partial charge in [0.1, 0.15) is 5.75 Å². The third-order valence-corrected chi connectivity index (χ3v) is 4.78. The van der Waals surface area contributed by atoms with Crippen LogP contribution in [0.4, 0.5) is 0 Å². The average Bonchev–Trinajstić information content (AvgIpc) is 3.27. The van der Waals surface area contributed by atoms with Gasteiger partial charge >= 0.3 is 0 Å². The van der Waals surface area contributed by atoms with E-state index in [2.05, 4.69) is 4.90 Å². The van der Waals surface area contributed by atoms with Gasteiger partial charge in [-0.1, -0.05) is 11.6 Å². The van der Waals surface area contributed by atoms with E-state index in [4.69, 9.17) is 16.3 Å². The summed E-state index contributed by atoms with van der Waals surface area (Å²) in [4.78, 5) is 2.66. The van der Waals surface area contributed by atoms with E-state index in [-0.39, 0.29) is 0 Å². The number of likely N-dealkylation sites (tertiary alicyclic amines) is 1. The zero-order valence-corrected chi connectivity index (χ0v) is 12.8. The first kappa shape index (κ1) is 14.2. The summed E-state index contributed by atoms with van der Waals surface area (Å²) in [6.45, 7) is 4.77. The number of nitrogens with zero attached hydrogens (tertiary/aromatic N) is 1. The standard InChI is InChI=1S/C17H24ClNO/c18-16-3-5-17(6-4-16)20-12-9-14-7-10-19(11-8-14)13-15-1-2-15/h3-6,14-15H,1-2,7-13H2. The third-order valence-electron chi connectivity index (χ3n) is 4.53. The molecule has 20 heavy (non-hydrogen) atoms. The van der Waals surface area contributed by atoms with Gasteiger partial charge in [-0.25, -0.2) is 0 Å². The SMILES string of the molecule is Clc1ccc(OCCC2CCN(CC3CC3)CC2)cc1. The van der Waals surface area contributed by atoms with Crippen LogP contribution in [-0.2, 0) is 0 Å². The Morgan fingerprint density at radius 1 is 1.00 bits per heavy atom. The minimum Gasteiger partial charge on any atom is -0.494 e. The molecule has 0 aromatic heterocycles. The molecule has 2 aliphatic rings. The molecule has 1 saturated carbocycles. The summed E-state index contributed by atoms with van der Waals surface area (Å²) in [5.41, 5.74) is 0. The smallest absolute Gasteiger partial charge is 0.119 e. The van der Waals surface area contributed by atoms with E-state index in [1.165, 1.54) is 51.7 Å². The first-order chi connectivity index (χ1) is 9.79. The Bertz CT molecular complexity index is 408.